The maximum absolute atomic E-state index is 9.37. The van der Waals surface area contributed by atoms with Crippen molar-refractivity contribution in [2.45, 2.75) is 13.8 Å². The third-order valence-electron chi connectivity index (χ3n) is 2.38. The number of aromatic nitrogens is 2. The van der Waals surface area contributed by atoms with Crippen LogP contribution in [-0.2, 0) is 0 Å². The first-order valence-corrected chi connectivity index (χ1v) is 4.91. The van der Waals surface area contributed by atoms with E-state index in [1.165, 1.54) is 0 Å². The fourth-order valence-electron chi connectivity index (χ4n) is 1.39. The van der Waals surface area contributed by atoms with E-state index in [4.69, 9.17) is 0 Å². The van der Waals surface area contributed by atoms with E-state index in [2.05, 4.69) is 9.97 Å². The van der Waals surface area contributed by atoms with E-state index in [0.717, 1.165) is 0 Å². The highest BCUT2D eigenvalue weighted by Gasteiger charge is 2.06. The lowest BCUT2D eigenvalue weighted by Crippen LogP contribution is -1.91. The van der Waals surface area contributed by atoms with Gasteiger partial charge < -0.3 is 10.2 Å². The number of nitrogens with zero attached hydrogens (tertiary/aromatic N) is 2. The first-order chi connectivity index (χ1) is 7.58. The van der Waals surface area contributed by atoms with Gasteiger partial charge in [0.05, 0.1) is 22.8 Å². The first kappa shape index (κ1) is 10.4. The van der Waals surface area contributed by atoms with E-state index >= 15 is 0 Å². The molecule has 0 unspecified atom stereocenters. The van der Waals surface area contributed by atoms with E-state index in [1.807, 2.05) is 0 Å². The summed E-state index contributed by atoms with van der Waals surface area (Å²) in [4.78, 5) is 8.44. The molecule has 16 heavy (non-hydrogen) atoms. The van der Waals surface area contributed by atoms with Crippen LogP contribution in [0.25, 0.3) is 11.4 Å². The Kier molecular flexibility index (Phi) is 2.48. The Morgan fingerprint density at radius 2 is 1.12 bits per heavy atom. The molecule has 0 saturated carbocycles. The van der Waals surface area contributed by atoms with Gasteiger partial charge in [0.2, 0.25) is 0 Å². The number of rotatable bonds is 1. The summed E-state index contributed by atoms with van der Waals surface area (Å²) in [5, 5.41) is 18.7. The molecular formula is C12H12N2O2. The van der Waals surface area contributed by atoms with Crippen LogP contribution in [0.1, 0.15) is 11.4 Å². The van der Waals surface area contributed by atoms with Crippen LogP contribution in [0.15, 0.2) is 24.3 Å². The fraction of sp³-hybridized carbons (Fsp3) is 0.167. The monoisotopic (exact) mass is 216 g/mol. The molecule has 4 heteroatoms. The molecule has 2 aromatic heterocycles. The van der Waals surface area contributed by atoms with Crippen molar-refractivity contribution in [3.63, 3.8) is 0 Å². The van der Waals surface area contributed by atoms with Gasteiger partial charge in [0.1, 0.15) is 11.5 Å². The van der Waals surface area contributed by atoms with Gasteiger partial charge in [0, 0.05) is 0 Å². The summed E-state index contributed by atoms with van der Waals surface area (Å²) >= 11 is 0. The molecule has 2 aromatic rings. The van der Waals surface area contributed by atoms with Gasteiger partial charge in [-0.3, -0.25) is 0 Å². The minimum Gasteiger partial charge on any atom is -0.506 e. The van der Waals surface area contributed by atoms with Gasteiger partial charge in [-0.2, -0.15) is 0 Å². The second-order valence-corrected chi connectivity index (χ2v) is 3.60. The van der Waals surface area contributed by atoms with Crippen molar-refractivity contribution in [1.29, 1.82) is 0 Å². The Morgan fingerprint density at radius 1 is 0.750 bits per heavy atom. The third-order valence-corrected chi connectivity index (χ3v) is 2.38. The summed E-state index contributed by atoms with van der Waals surface area (Å²) in [5.41, 5.74) is 2.48. The van der Waals surface area contributed by atoms with Crippen LogP contribution in [0, 0.1) is 13.8 Å². The van der Waals surface area contributed by atoms with Crippen LogP contribution < -0.4 is 0 Å². The molecule has 0 spiro atoms. The topological polar surface area (TPSA) is 66.2 Å². The number of hydrogen-bond acceptors (Lipinski definition) is 4. The van der Waals surface area contributed by atoms with Gasteiger partial charge >= 0.3 is 0 Å². The van der Waals surface area contributed by atoms with Crippen LogP contribution in [0.2, 0.25) is 0 Å². The zero-order valence-electron chi connectivity index (χ0n) is 9.10. The molecule has 0 fully saturated rings. The molecule has 2 heterocycles. The largest absolute Gasteiger partial charge is 0.506 e. The van der Waals surface area contributed by atoms with E-state index in [-0.39, 0.29) is 11.5 Å². The summed E-state index contributed by atoms with van der Waals surface area (Å²) < 4.78 is 0. The van der Waals surface area contributed by atoms with Gasteiger partial charge in [0.15, 0.2) is 0 Å². The van der Waals surface area contributed by atoms with Crippen LogP contribution in [0.3, 0.4) is 0 Å². The SMILES string of the molecule is Cc1nc(-c2ccc(O)c(C)n2)ccc1O. The summed E-state index contributed by atoms with van der Waals surface area (Å²) in [5.74, 6) is 0.332. The molecule has 0 saturated heterocycles. The normalized spacial score (nSPS) is 10.4. The van der Waals surface area contributed by atoms with Gasteiger partial charge in [-0.25, -0.2) is 9.97 Å². The molecular weight excluding hydrogens is 204 g/mol. The van der Waals surface area contributed by atoms with Gasteiger partial charge in [-0.15, -0.1) is 0 Å². The average Bonchev–Trinajstić information content (AvgIpc) is 2.26. The molecule has 0 aromatic carbocycles. The predicted molar refractivity (Wildman–Crippen MR) is 60.3 cm³/mol. The van der Waals surface area contributed by atoms with Crippen molar-refractivity contribution >= 4 is 0 Å². The predicted octanol–water partition coefficient (Wildman–Crippen LogP) is 2.17. The fourth-order valence-corrected chi connectivity index (χ4v) is 1.39. The molecule has 0 amide bonds. The minimum atomic E-state index is 0.166. The molecule has 0 atom stereocenters. The highest BCUT2D eigenvalue weighted by Crippen LogP contribution is 2.23. The molecule has 0 bridgehead atoms. The van der Waals surface area contributed by atoms with Crippen LogP contribution in [0.4, 0.5) is 0 Å². The maximum atomic E-state index is 9.37. The number of aryl methyl sites for hydroxylation is 2. The first-order valence-electron chi connectivity index (χ1n) is 4.91. The van der Waals surface area contributed by atoms with Crippen LogP contribution in [-0.4, -0.2) is 20.2 Å². The second kappa shape index (κ2) is 3.81. The van der Waals surface area contributed by atoms with E-state index < -0.39 is 0 Å². The number of pyridine rings is 2. The van der Waals surface area contributed by atoms with E-state index in [0.29, 0.717) is 22.8 Å². The van der Waals surface area contributed by atoms with Crippen molar-refractivity contribution in [3.8, 4) is 22.9 Å². The zero-order valence-corrected chi connectivity index (χ0v) is 9.10. The Morgan fingerprint density at radius 3 is 1.44 bits per heavy atom. The quantitative estimate of drug-likeness (QED) is 0.766. The van der Waals surface area contributed by atoms with Crippen LogP contribution in [0.5, 0.6) is 11.5 Å². The lowest BCUT2D eigenvalue weighted by molar-refractivity contribution is 0.466. The van der Waals surface area contributed by atoms with Gasteiger partial charge in [0.25, 0.3) is 0 Å². The van der Waals surface area contributed by atoms with Crippen molar-refractivity contribution < 1.29 is 10.2 Å². The Labute approximate surface area is 93.2 Å². The maximum Gasteiger partial charge on any atom is 0.136 e. The number of aromatic hydroxyl groups is 2. The van der Waals surface area contributed by atoms with E-state index in [9.17, 15) is 10.2 Å². The highest BCUT2D eigenvalue weighted by molar-refractivity contribution is 5.56. The summed E-state index contributed by atoms with van der Waals surface area (Å²) in [7, 11) is 0. The van der Waals surface area contributed by atoms with Crippen molar-refractivity contribution in [3.05, 3.63) is 35.7 Å². The standard InChI is InChI=1S/C12H12N2O2/c1-7-11(15)5-3-9(13-7)10-4-6-12(16)8(2)14-10/h3-6,15-16H,1-2H3. The van der Waals surface area contributed by atoms with Gasteiger partial charge in [-0.05, 0) is 38.1 Å². The highest BCUT2D eigenvalue weighted by atomic mass is 16.3. The molecule has 0 radical (unpaired) electrons. The lowest BCUT2D eigenvalue weighted by atomic mass is 10.2. The van der Waals surface area contributed by atoms with Crippen LogP contribution >= 0.6 is 0 Å². The van der Waals surface area contributed by atoms with Crippen molar-refractivity contribution in [2.24, 2.45) is 0 Å². The summed E-state index contributed by atoms with van der Waals surface area (Å²) in [6, 6.07) is 6.56. The zero-order chi connectivity index (χ0) is 11.7. The molecule has 0 aliphatic heterocycles. The van der Waals surface area contributed by atoms with Crippen molar-refractivity contribution in [1.82, 2.24) is 9.97 Å². The molecule has 4 nitrogen and oxygen atoms in total. The smallest absolute Gasteiger partial charge is 0.136 e. The lowest BCUT2D eigenvalue weighted by Gasteiger charge is -2.04. The number of hydrogen-bond donors (Lipinski definition) is 2. The molecule has 0 aliphatic rings. The Balaban J connectivity index is 2.50. The van der Waals surface area contributed by atoms with Gasteiger partial charge in [-0.1, -0.05) is 0 Å². The minimum absolute atomic E-state index is 0.166. The average molecular weight is 216 g/mol. The Bertz CT molecular complexity index is 489. The Hall–Kier alpha value is -2.10. The molecule has 2 N–H and O–H groups in total. The van der Waals surface area contributed by atoms with E-state index in [1.54, 1.807) is 38.1 Å². The third kappa shape index (κ3) is 1.82. The molecule has 82 valence electrons. The second-order valence-electron chi connectivity index (χ2n) is 3.60. The molecule has 0 aliphatic carbocycles. The van der Waals surface area contributed by atoms with Crippen molar-refractivity contribution in [2.75, 3.05) is 0 Å². The summed E-state index contributed by atoms with van der Waals surface area (Å²) in [6.45, 7) is 3.46. The summed E-state index contributed by atoms with van der Waals surface area (Å²) in [6.07, 6.45) is 0. The molecule has 2 rings (SSSR count).